The first-order valence-corrected chi connectivity index (χ1v) is 8.76. The second kappa shape index (κ2) is 15.7. The van der Waals surface area contributed by atoms with Crippen molar-refractivity contribution in [1.82, 2.24) is 10.6 Å². The summed E-state index contributed by atoms with van der Waals surface area (Å²) in [7, 11) is 1.65. The van der Waals surface area contributed by atoms with E-state index in [1.54, 1.807) is 7.05 Å². The zero-order chi connectivity index (χ0) is 18.4. The van der Waals surface area contributed by atoms with E-state index in [1.807, 2.05) is 0 Å². The maximum atomic E-state index is 11.9. The Bertz CT molecular complexity index is 368. The normalized spacial score (nSPS) is 16.2. The average molecular weight is 497 g/mol. The van der Waals surface area contributed by atoms with Crippen LogP contribution >= 0.6 is 24.0 Å². The molecule has 0 aromatic rings. The van der Waals surface area contributed by atoms with Gasteiger partial charge in [0.1, 0.15) is 6.61 Å². The molecule has 0 aromatic carbocycles. The Morgan fingerprint density at radius 2 is 1.65 bits per heavy atom. The number of halogens is 4. The van der Waals surface area contributed by atoms with Gasteiger partial charge in [-0.25, -0.2) is 0 Å². The van der Waals surface area contributed by atoms with E-state index >= 15 is 0 Å². The highest BCUT2D eigenvalue weighted by atomic mass is 127. The second-order valence-corrected chi connectivity index (χ2v) is 5.93. The maximum absolute atomic E-state index is 11.9. The van der Waals surface area contributed by atoms with Gasteiger partial charge in [-0.05, 0) is 31.6 Å². The van der Waals surface area contributed by atoms with Crippen LogP contribution in [0.25, 0.3) is 0 Å². The van der Waals surface area contributed by atoms with Gasteiger partial charge in [0.05, 0.1) is 0 Å². The zero-order valence-corrected chi connectivity index (χ0v) is 17.6. The number of guanidine groups is 1. The number of nitrogens with zero attached hydrogens (tertiary/aromatic N) is 1. The summed E-state index contributed by atoms with van der Waals surface area (Å²) >= 11 is 0. The molecule has 0 saturated carbocycles. The van der Waals surface area contributed by atoms with Crippen LogP contribution in [0.15, 0.2) is 4.99 Å². The number of nitrogens with one attached hydrogen (secondary N) is 2. The highest BCUT2D eigenvalue weighted by Crippen LogP contribution is 2.15. The molecule has 1 aliphatic heterocycles. The number of hydrogen-bond acceptors (Lipinski definition) is 4. The topological polar surface area (TPSA) is 64.1 Å². The lowest BCUT2D eigenvalue weighted by atomic mass is 10.0. The lowest BCUT2D eigenvalue weighted by Gasteiger charge is -2.21. The van der Waals surface area contributed by atoms with E-state index in [1.165, 1.54) is 0 Å². The fourth-order valence-corrected chi connectivity index (χ4v) is 2.33. The fraction of sp³-hybridized carbons (Fsp3) is 0.938. The van der Waals surface area contributed by atoms with Crippen molar-refractivity contribution in [1.29, 1.82) is 0 Å². The molecular weight excluding hydrogens is 466 g/mol. The van der Waals surface area contributed by atoms with Crippen molar-refractivity contribution in [2.45, 2.75) is 31.9 Å². The van der Waals surface area contributed by atoms with Gasteiger partial charge >= 0.3 is 6.18 Å². The first-order valence-electron chi connectivity index (χ1n) is 8.76. The Morgan fingerprint density at radius 1 is 1.08 bits per heavy atom. The van der Waals surface area contributed by atoms with Gasteiger partial charge in [-0.15, -0.1) is 24.0 Å². The van der Waals surface area contributed by atoms with Crippen LogP contribution < -0.4 is 10.6 Å². The van der Waals surface area contributed by atoms with Crippen LogP contribution in [-0.2, 0) is 14.2 Å². The summed E-state index contributed by atoms with van der Waals surface area (Å²) in [5, 5.41) is 6.17. The molecule has 26 heavy (non-hydrogen) atoms. The fourth-order valence-electron chi connectivity index (χ4n) is 2.33. The molecule has 0 bridgehead atoms. The lowest BCUT2D eigenvalue weighted by molar-refractivity contribution is -0.173. The minimum Gasteiger partial charge on any atom is -0.381 e. The molecular formula is C16H31F3IN3O3. The number of rotatable bonds is 11. The predicted octanol–water partition coefficient (Wildman–Crippen LogP) is 2.57. The number of ether oxygens (including phenoxy) is 3. The summed E-state index contributed by atoms with van der Waals surface area (Å²) in [5.41, 5.74) is 0. The van der Waals surface area contributed by atoms with Crippen molar-refractivity contribution in [3.63, 3.8) is 0 Å². The minimum atomic E-state index is -4.27. The molecule has 0 radical (unpaired) electrons. The van der Waals surface area contributed by atoms with Crippen LogP contribution in [0.2, 0.25) is 0 Å². The Labute approximate surface area is 170 Å². The summed E-state index contributed by atoms with van der Waals surface area (Å²) in [6.07, 6.45) is -0.787. The molecule has 0 aromatic heterocycles. The molecule has 0 atom stereocenters. The summed E-state index contributed by atoms with van der Waals surface area (Å²) < 4.78 is 51.2. The summed E-state index contributed by atoms with van der Waals surface area (Å²) in [5.74, 6) is 1.23. The van der Waals surface area contributed by atoms with Crippen molar-refractivity contribution < 1.29 is 27.4 Å². The largest absolute Gasteiger partial charge is 0.411 e. The van der Waals surface area contributed by atoms with Gasteiger partial charge in [0.2, 0.25) is 0 Å². The van der Waals surface area contributed by atoms with Gasteiger partial charge in [0, 0.05) is 53.2 Å². The van der Waals surface area contributed by atoms with Gasteiger partial charge in [0.15, 0.2) is 5.96 Å². The third-order valence-electron chi connectivity index (χ3n) is 3.70. The molecule has 1 rings (SSSR count). The van der Waals surface area contributed by atoms with Crippen LogP contribution in [0.3, 0.4) is 0 Å². The molecule has 10 heteroatoms. The third kappa shape index (κ3) is 14.8. The highest BCUT2D eigenvalue weighted by Gasteiger charge is 2.27. The van der Waals surface area contributed by atoms with E-state index in [-0.39, 0.29) is 30.6 Å². The van der Waals surface area contributed by atoms with Crippen molar-refractivity contribution in [2.75, 3.05) is 59.8 Å². The molecule has 0 unspecified atom stereocenters. The van der Waals surface area contributed by atoms with Crippen molar-refractivity contribution in [3.8, 4) is 0 Å². The molecule has 0 aliphatic carbocycles. The van der Waals surface area contributed by atoms with Crippen molar-refractivity contribution in [2.24, 2.45) is 10.9 Å². The molecule has 0 amide bonds. The standard InChI is InChI=1S/C16H30F3N3O3.HI/c1-20-15(22-7-3-9-25-13-16(17,18)19)21-6-2-8-24-12-14-4-10-23-11-5-14;/h14H,2-13H2,1H3,(H2,20,21,22);1H. The molecule has 1 saturated heterocycles. The van der Waals surface area contributed by atoms with Gasteiger partial charge in [-0.1, -0.05) is 0 Å². The Balaban J connectivity index is 0.00000625. The first-order chi connectivity index (χ1) is 12.0. The van der Waals surface area contributed by atoms with E-state index in [2.05, 4.69) is 20.4 Å². The molecule has 2 N–H and O–H groups in total. The molecule has 1 heterocycles. The Kier molecular flexibility index (Phi) is 15.5. The van der Waals surface area contributed by atoms with E-state index in [0.29, 0.717) is 31.4 Å². The quantitative estimate of drug-likeness (QED) is 0.199. The predicted molar refractivity (Wildman–Crippen MR) is 105 cm³/mol. The van der Waals surface area contributed by atoms with Crippen LogP contribution in [-0.4, -0.2) is 71.9 Å². The van der Waals surface area contributed by atoms with E-state index in [4.69, 9.17) is 9.47 Å². The molecule has 0 spiro atoms. The minimum absolute atomic E-state index is 0. The maximum Gasteiger partial charge on any atom is 0.411 e. The van der Waals surface area contributed by atoms with Gasteiger partial charge in [-0.2, -0.15) is 13.2 Å². The van der Waals surface area contributed by atoms with Gasteiger partial charge < -0.3 is 24.8 Å². The van der Waals surface area contributed by atoms with E-state index in [9.17, 15) is 13.2 Å². The van der Waals surface area contributed by atoms with Crippen molar-refractivity contribution in [3.05, 3.63) is 0 Å². The van der Waals surface area contributed by atoms with Crippen LogP contribution in [0, 0.1) is 5.92 Å². The third-order valence-corrected chi connectivity index (χ3v) is 3.70. The van der Waals surface area contributed by atoms with Gasteiger partial charge in [-0.3, -0.25) is 4.99 Å². The monoisotopic (exact) mass is 497 g/mol. The first kappa shape index (κ1) is 25.7. The molecule has 6 nitrogen and oxygen atoms in total. The molecule has 156 valence electrons. The van der Waals surface area contributed by atoms with E-state index < -0.39 is 12.8 Å². The zero-order valence-electron chi connectivity index (χ0n) is 15.3. The van der Waals surface area contributed by atoms with Crippen LogP contribution in [0.4, 0.5) is 13.2 Å². The Morgan fingerprint density at radius 3 is 2.19 bits per heavy atom. The average Bonchev–Trinajstić information content (AvgIpc) is 2.59. The number of alkyl halides is 3. The van der Waals surface area contributed by atoms with Crippen LogP contribution in [0.5, 0.6) is 0 Å². The van der Waals surface area contributed by atoms with Gasteiger partial charge in [0.25, 0.3) is 0 Å². The SMILES string of the molecule is CN=C(NCCCOCC1CCOCC1)NCCCOCC(F)(F)F.I. The van der Waals surface area contributed by atoms with Crippen molar-refractivity contribution >= 4 is 29.9 Å². The smallest absolute Gasteiger partial charge is 0.381 e. The number of aliphatic imine (C=N–C) groups is 1. The summed E-state index contributed by atoms with van der Waals surface area (Å²) in [6, 6.07) is 0. The lowest BCUT2D eigenvalue weighted by Crippen LogP contribution is -2.38. The summed E-state index contributed by atoms with van der Waals surface area (Å²) in [6.45, 7) is 3.21. The van der Waals surface area contributed by atoms with E-state index in [0.717, 1.165) is 45.6 Å². The number of hydrogen-bond donors (Lipinski definition) is 2. The molecule has 1 fully saturated rings. The van der Waals surface area contributed by atoms with Crippen LogP contribution in [0.1, 0.15) is 25.7 Å². The highest BCUT2D eigenvalue weighted by molar-refractivity contribution is 14.0. The Hall–Kier alpha value is -0.330. The second-order valence-electron chi connectivity index (χ2n) is 5.93. The molecule has 1 aliphatic rings. The summed E-state index contributed by atoms with van der Waals surface area (Å²) in [4.78, 5) is 4.06.